The first-order valence-corrected chi connectivity index (χ1v) is 9.69. The fourth-order valence-corrected chi connectivity index (χ4v) is 4.58. The van der Waals surface area contributed by atoms with Crippen molar-refractivity contribution in [1.29, 1.82) is 5.26 Å². The Labute approximate surface area is 140 Å². The number of thioether (sulfide) groups is 1. The van der Waals surface area contributed by atoms with Crippen LogP contribution in [-0.4, -0.2) is 10.7 Å². The second-order valence-electron chi connectivity index (χ2n) is 6.10. The van der Waals surface area contributed by atoms with Gasteiger partial charge in [-0.15, -0.1) is 23.1 Å². The number of nitriles is 1. The lowest BCUT2D eigenvalue weighted by atomic mass is 9.88. The lowest BCUT2D eigenvalue weighted by Crippen LogP contribution is -2.10. The smallest absolute Gasteiger partial charge is 0.115 e. The molecule has 0 atom stereocenters. The third-order valence-electron chi connectivity index (χ3n) is 3.90. The zero-order chi connectivity index (χ0) is 15.5. The lowest BCUT2D eigenvalue weighted by molar-refractivity contribution is 0.677. The summed E-state index contributed by atoms with van der Waals surface area (Å²) in [5.74, 6) is 1.60. The van der Waals surface area contributed by atoms with E-state index in [-0.39, 0.29) is 0 Å². The van der Waals surface area contributed by atoms with Crippen LogP contribution in [-0.2, 0) is 12.8 Å². The summed E-state index contributed by atoms with van der Waals surface area (Å²) in [5.41, 5.74) is 4.54. The Bertz CT molecular complexity index is 697. The van der Waals surface area contributed by atoms with Crippen molar-refractivity contribution in [2.75, 3.05) is 5.75 Å². The van der Waals surface area contributed by atoms with Gasteiger partial charge in [0.2, 0.25) is 0 Å². The monoisotopic (exact) mass is 328 g/mol. The number of rotatable bonds is 4. The van der Waals surface area contributed by atoms with E-state index in [0.29, 0.717) is 5.92 Å². The summed E-state index contributed by atoms with van der Waals surface area (Å²) in [5, 5.41) is 12.7. The second-order valence-corrected chi connectivity index (χ2v) is 8.06. The van der Waals surface area contributed by atoms with Crippen LogP contribution in [0.1, 0.15) is 43.4 Å². The highest BCUT2D eigenvalue weighted by molar-refractivity contribution is 7.99. The van der Waals surface area contributed by atoms with Gasteiger partial charge in [0.1, 0.15) is 11.1 Å². The number of pyridine rings is 1. The molecule has 1 aliphatic rings. The van der Waals surface area contributed by atoms with Gasteiger partial charge in [0, 0.05) is 5.75 Å². The van der Waals surface area contributed by atoms with Gasteiger partial charge >= 0.3 is 0 Å². The molecule has 0 fully saturated rings. The van der Waals surface area contributed by atoms with Crippen LogP contribution in [0.4, 0.5) is 0 Å². The third-order valence-corrected chi connectivity index (χ3v) is 6.18. The van der Waals surface area contributed by atoms with E-state index in [1.165, 1.54) is 28.8 Å². The van der Waals surface area contributed by atoms with Crippen molar-refractivity contribution in [1.82, 2.24) is 4.98 Å². The molecule has 0 aromatic carbocycles. The van der Waals surface area contributed by atoms with Crippen LogP contribution in [0.15, 0.2) is 22.5 Å². The maximum Gasteiger partial charge on any atom is 0.115 e. The summed E-state index contributed by atoms with van der Waals surface area (Å²) in [7, 11) is 0. The standard InChI is InChI=1S/C18H20N2S2/c1-12(2)11-22-18-15(10-19)13-6-3-4-7-14(13)17(20-18)16-8-5-9-21-16/h5,8-9,12H,3-4,6-7,11H2,1-2H3. The Morgan fingerprint density at radius 3 is 2.73 bits per heavy atom. The van der Waals surface area contributed by atoms with E-state index in [9.17, 15) is 5.26 Å². The summed E-state index contributed by atoms with van der Waals surface area (Å²) >= 11 is 3.48. The molecule has 0 amide bonds. The van der Waals surface area contributed by atoms with Gasteiger partial charge in [-0.3, -0.25) is 0 Å². The number of aromatic nitrogens is 1. The molecule has 0 aliphatic heterocycles. The molecule has 0 spiro atoms. The topological polar surface area (TPSA) is 36.7 Å². The molecule has 2 aromatic rings. The molecule has 3 rings (SSSR count). The number of hydrogen-bond donors (Lipinski definition) is 0. The number of fused-ring (bicyclic) bond motifs is 1. The number of hydrogen-bond acceptors (Lipinski definition) is 4. The van der Waals surface area contributed by atoms with E-state index in [2.05, 4.69) is 37.4 Å². The molecular formula is C18H20N2S2. The zero-order valence-corrected chi connectivity index (χ0v) is 14.7. The first-order chi connectivity index (χ1) is 10.7. The van der Waals surface area contributed by atoms with Crippen molar-refractivity contribution in [3.63, 3.8) is 0 Å². The summed E-state index contributed by atoms with van der Waals surface area (Å²) in [4.78, 5) is 6.15. The van der Waals surface area contributed by atoms with Crippen molar-refractivity contribution in [3.05, 3.63) is 34.2 Å². The van der Waals surface area contributed by atoms with Crippen molar-refractivity contribution >= 4 is 23.1 Å². The Morgan fingerprint density at radius 1 is 1.32 bits per heavy atom. The molecule has 4 heteroatoms. The minimum absolute atomic E-state index is 0.597. The van der Waals surface area contributed by atoms with Crippen molar-refractivity contribution in [2.24, 2.45) is 5.92 Å². The summed E-state index contributed by atoms with van der Waals surface area (Å²) < 4.78 is 0. The quantitative estimate of drug-likeness (QED) is 0.714. The second kappa shape index (κ2) is 6.85. The van der Waals surface area contributed by atoms with Crippen molar-refractivity contribution in [3.8, 4) is 16.6 Å². The highest BCUT2D eigenvalue weighted by atomic mass is 32.2. The van der Waals surface area contributed by atoms with E-state index in [4.69, 9.17) is 4.98 Å². The Kier molecular flexibility index (Phi) is 4.85. The van der Waals surface area contributed by atoms with Crippen LogP contribution < -0.4 is 0 Å². The van der Waals surface area contributed by atoms with Crippen LogP contribution in [0.2, 0.25) is 0 Å². The molecule has 1 aliphatic carbocycles. The molecular weight excluding hydrogens is 308 g/mol. The predicted molar refractivity (Wildman–Crippen MR) is 94.5 cm³/mol. The largest absolute Gasteiger partial charge is 0.239 e. The predicted octanol–water partition coefficient (Wildman–Crippen LogP) is 5.31. The average molecular weight is 329 g/mol. The zero-order valence-electron chi connectivity index (χ0n) is 13.1. The Balaban J connectivity index is 2.14. The van der Waals surface area contributed by atoms with Gasteiger partial charge in [-0.2, -0.15) is 5.26 Å². The Morgan fingerprint density at radius 2 is 2.09 bits per heavy atom. The molecule has 0 unspecified atom stereocenters. The molecule has 2 aromatic heterocycles. The first kappa shape index (κ1) is 15.6. The van der Waals surface area contributed by atoms with Gasteiger partial charge in [-0.1, -0.05) is 19.9 Å². The fraction of sp³-hybridized carbons (Fsp3) is 0.444. The van der Waals surface area contributed by atoms with Gasteiger partial charge < -0.3 is 0 Å². The molecule has 0 bridgehead atoms. The van der Waals surface area contributed by atoms with Gasteiger partial charge in [0.05, 0.1) is 16.1 Å². The van der Waals surface area contributed by atoms with Crippen LogP contribution in [0.3, 0.4) is 0 Å². The van der Waals surface area contributed by atoms with Gasteiger partial charge in [-0.25, -0.2) is 4.98 Å². The molecule has 0 radical (unpaired) electrons. The van der Waals surface area contributed by atoms with Crippen molar-refractivity contribution < 1.29 is 0 Å². The van der Waals surface area contributed by atoms with E-state index in [1.807, 2.05) is 0 Å². The first-order valence-electron chi connectivity index (χ1n) is 7.83. The van der Waals surface area contributed by atoms with Gasteiger partial charge in [-0.05, 0) is 54.2 Å². The molecule has 0 N–H and O–H groups in total. The van der Waals surface area contributed by atoms with Crippen LogP contribution in [0.5, 0.6) is 0 Å². The summed E-state index contributed by atoms with van der Waals surface area (Å²) in [6.07, 6.45) is 4.47. The van der Waals surface area contributed by atoms with E-state index in [0.717, 1.165) is 34.9 Å². The summed E-state index contributed by atoms with van der Waals surface area (Å²) in [6.45, 7) is 4.41. The van der Waals surface area contributed by atoms with Crippen LogP contribution in [0, 0.1) is 17.2 Å². The van der Waals surface area contributed by atoms with Crippen LogP contribution >= 0.6 is 23.1 Å². The summed E-state index contributed by atoms with van der Waals surface area (Å²) in [6, 6.07) is 6.66. The lowest BCUT2D eigenvalue weighted by Gasteiger charge is -2.21. The highest BCUT2D eigenvalue weighted by Gasteiger charge is 2.23. The average Bonchev–Trinajstić information content (AvgIpc) is 3.05. The highest BCUT2D eigenvalue weighted by Crippen LogP contribution is 2.38. The fourth-order valence-electron chi connectivity index (χ4n) is 2.88. The van der Waals surface area contributed by atoms with Gasteiger partial charge in [0.25, 0.3) is 0 Å². The molecule has 2 nitrogen and oxygen atoms in total. The SMILES string of the molecule is CC(C)CSc1nc(-c2cccs2)c2c(c1C#N)CCCC2. The van der Waals surface area contributed by atoms with Gasteiger partial charge in [0.15, 0.2) is 0 Å². The Hall–Kier alpha value is -1.31. The van der Waals surface area contributed by atoms with E-state index in [1.54, 1.807) is 23.1 Å². The van der Waals surface area contributed by atoms with E-state index < -0.39 is 0 Å². The van der Waals surface area contributed by atoms with E-state index >= 15 is 0 Å². The molecule has 0 saturated carbocycles. The molecule has 114 valence electrons. The molecule has 0 saturated heterocycles. The number of nitrogens with zero attached hydrogens (tertiary/aromatic N) is 2. The normalized spacial score (nSPS) is 13.9. The number of thiophene rings is 1. The third kappa shape index (κ3) is 3.06. The van der Waals surface area contributed by atoms with Crippen LogP contribution in [0.25, 0.3) is 10.6 Å². The maximum absolute atomic E-state index is 9.66. The molecule has 2 heterocycles. The van der Waals surface area contributed by atoms with Crippen molar-refractivity contribution in [2.45, 2.75) is 44.6 Å². The minimum Gasteiger partial charge on any atom is -0.239 e. The maximum atomic E-state index is 9.66. The minimum atomic E-state index is 0.597. The molecule has 22 heavy (non-hydrogen) atoms.